The second-order valence-electron chi connectivity index (χ2n) is 4.97. The summed E-state index contributed by atoms with van der Waals surface area (Å²) in [7, 11) is -2.32. The van der Waals surface area contributed by atoms with Gasteiger partial charge in [-0.1, -0.05) is 15.9 Å². The monoisotopic (exact) mass is 365 g/mol. The van der Waals surface area contributed by atoms with Crippen LogP contribution in [0.3, 0.4) is 0 Å². The fourth-order valence-corrected chi connectivity index (χ4v) is 3.70. The van der Waals surface area contributed by atoms with Crippen molar-refractivity contribution in [3.63, 3.8) is 0 Å². The van der Waals surface area contributed by atoms with Gasteiger partial charge in [0.05, 0.1) is 18.8 Å². The molecule has 0 unspecified atom stereocenters. The molecule has 0 spiro atoms. The maximum atomic E-state index is 12.7. The third-order valence-electron chi connectivity index (χ3n) is 3.08. The second kappa shape index (κ2) is 6.43. The smallest absolute Gasteiger partial charge is 0.247 e. The van der Waals surface area contributed by atoms with Crippen LogP contribution in [-0.2, 0) is 10.0 Å². The first-order valence-corrected chi connectivity index (χ1v) is 8.42. The van der Waals surface area contributed by atoms with Gasteiger partial charge in [-0.15, -0.1) is 0 Å². The van der Waals surface area contributed by atoms with E-state index in [0.717, 1.165) is 4.31 Å². The molecule has 1 N–H and O–H groups in total. The molecule has 0 bridgehead atoms. The van der Waals surface area contributed by atoms with E-state index in [4.69, 9.17) is 4.74 Å². The van der Waals surface area contributed by atoms with Crippen molar-refractivity contribution >= 4 is 26.0 Å². The first-order chi connectivity index (χ1) is 9.16. The minimum absolute atomic E-state index is 0.0813. The molecule has 5 nitrogen and oxygen atoms in total. The molecule has 0 saturated heterocycles. The van der Waals surface area contributed by atoms with Gasteiger partial charge in [0.15, 0.2) is 0 Å². The van der Waals surface area contributed by atoms with Gasteiger partial charge in [0, 0.05) is 11.5 Å². The van der Waals surface area contributed by atoms with Gasteiger partial charge in [-0.05, 0) is 39.0 Å². The van der Waals surface area contributed by atoms with Crippen molar-refractivity contribution in [2.24, 2.45) is 0 Å². The number of sulfonamides is 1. The molecule has 7 heteroatoms. The highest BCUT2D eigenvalue weighted by molar-refractivity contribution is 9.10. The Morgan fingerprint density at radius 2 is 2.00 bits per heavy atom. The average Bonchev–Trinajstić information content (AvgIpc) is 2.40. The van der Waals surface area contributed by atoms with Crippen LogP contribution in [-0.4, -0.2) is 43.6 Å². The van der Waals surface area contributed by atoms with Crippen LogP contribution in [0.2, 0.25) is 0 Å². The molecule has 1 aromatic carbocycles. The Morgan fingerprint density at radius 3 is 2.50 bits per heavy atom. The number of aliphatic hydroxyl groups is 1. The second-order valence-corrected chi connectivity index (χ2v) is 7.82. The lowest BCUT2D eigenvalue weighted by atomic mass is 10.1. The fraction of sp³-hybridized carbons (Fsp3) is 0.538. The maximum absolute atomic E-state index is 12.7. The molecule has 0 fully saturated rings. The van der Waals surface area contributed by atoms with Gasteiger partial charge in [-0.2, -0.15) is 4.31 Å². The Morgan fingerprint density at radius 1 is 1.40 bits per heavy atom. The molecule has 114 valence electrons. The SMILES string of the molecule is CCOc1ccc(Br)cc1S(=O)(=O)N(C)C(C)(C)CO. The Kier molecular flexibility index (Phi) is 5.60. The lowest BCUT2D eigenvalue weighted by Gasteiger charge is -2.33. The zero-order chi connectivity index (χ0) is 15.6. The summed E-state index contributed by atoms with van der Waals surface area (Å²) in [6.45, 7) is 5.20. The lowest BCUT2D eigenvalue weighted by molar-refractivity contribution is 0.137. The summed E-state index contributed by atoms with van der Waals surface area (Å²) in [6, 6.07) is 4.84. The van der Waals surface area contributed by atoms with Crippen LogP contribution in [0.1, 0.15) is 20.8 Å². The molecular weight excluding hydrogens is 346 g/mol. The fourth-order valence-electron chi connectivity index (χ4n) is 1.53. The van der Waals surface area contributed by atoms with E-state index in [1.807, 2.05) is 0 Å². The highest BCUT2D eigenvalue weighted by atomic mass is 79.9. The van der Waals surface area contributed by atoms with Gasteiger partial charge in [0.2, 0.25) is 10.0 Å². The quantitative estimate of drug-likeness (QED) is 0.839. The van der Waals surface area contributed by atoms with Gasteiger partial charge >= 0.3 is 0 Å². The number of nitrogens with zero attached hydrogens (tertiary/aromatic N) is 1. The van der Waals surface area contributed by atoms with Gasteiger partial charge in [-0.25, -0.2) is 8.42 Å². The average molecular weight is 366 g/mol. The molecule has 0 atom stereocenters. The highest BCUT2D eigenvalue weighted by Gasteiger charge is 2.35. The van der Waals surface area contributed by atoms with Crippen LogP contribution in [0.5, 0.6) is 5.75 Å². The Labute approximate surface area is 128 Å². The van der Waals surface area contributed by atoms with Crippen molar-refractivity contribution in [1.29, 1.82) is 0 Å². The van der Waals surface area contributed by atoms with E-state index in [-0.39, 0.29) is 11.5 Å². The molecule has 1 rings (SSSR count). The molecule has 0 radical (unpaired) electrons. The molecule has 0 aliphatic carbocycles. The van der Waals surface area contributed by atoms with E-state index in [1.54, 1.807) is 32.9 Å². The number of hydrogen-bond acceptors (Lipinski definition) is 4. The van der Waals surface area contributed by atoms with E-state index >= 15 is 0 Å². The molecule has 20 heavy (non-hydrogen) atoms. The number of benzene rings is 1. The summed E-state index contributed by atoms with van der Waals surface area (Å²) in [5.41, 5.74) is -0.898. The zero-order valence-electron chi connectivity index (χ0n) is 12.1. The minimum atomic E-state index is -3.77. The van der Waals surface area contributed by atoms with Gasteiger partial charge in [-0.3, -0.25) is 0 Å². The molecular formula is C13H20BrNO4S. The van der Waals surface area contributed by atoms with Gasteiger partial charge < -0.3 is 9.84 Å². The van der Waals surface area contributed by atoms with Crippen molar-refractivity contribution in [3.05, 3.63) is 22.7 Å². The third kappa shape index (κ3) is 3.52. The van der Waals surface area contributed by atoms with Crippen molar-refractivity contribution in [1.82, 2.24) is 4.31 Å². The molecule has 0 amide bonds. The summed E-state index contributed by atoms with van der Waals surface area (Å²) in [5.74, 6) is 0.302. The maximum Gasteiger partial charge on any atom is 0.247 e. The van der Waals surface area contributed by atoms with E-state index in [0.29, 0.717) is 16.8 Å². The van der Waals surface area contributed by atoms with Crippen molar-refractivity contribution < 1.29 is 18.3 Å². The lowest BCUT2D eigenvalue weighted by Crippen LogP contribution is -2.47. The first kappa shape index (κ1) is 17.4. The topological polar surface area (TPSA) is 66.8 Å². The standard InChI is InChI=1S/C13H20BrNO4S/c1-5-19-11-7-6-10(14)8-12(11)20(17,18)15(4)13(2,3)9-16/h6-8,16H,5,9H2,1-4H3. The summed E-state index contributed by atoms with van der Waals surface area (Å²) in [6.07, 6.45) is 0. The number of hydrogen-bond donors (Lipinski definition) is 1. The molecule has 1 aromatic rings. The molecule has 0 aliphatic rings. The van der Waals surface area contributed by atoms with Crippen molar-refractivity contribution in [2.45, 2.75) is 31.2 Å². The van der Waals surface area contributed by atoms with Crippen LogP contribution in [0, 0.1) is 0 Å². The summed E-state index contributed by atoms with van der Waals surface area (Å²) in [4.78, 5) is 0.0813. The molecule has 0 heterocycles. The van der Waals surface area contributed by atoms with Crippen molar-refractivity contribution in [2.75, 3.05) is 20.3 Å². The zero-order valence-corrected chi connectivity index (χ0v) is 14.5. The molecule has 0 saturated carbocycles. The van der Waals surface area contributed by atoms with Gasteiger partial charge in [0.25, 0.3) is 0 Å². The van der Waals surface area contributed by atoms with E-state index in [2.05, 4.69) is 15.9 Å². The Balaban J connectivity index is 3.38. The van der Waals surface area contributed by atoms with Crippen LogP contribution in [0.4, 0.5) is 0 Å². The van der Waals surface area contributed by atoms with Crippen LogP contribution in [0.15, 0.2) is 27.6 Å². The highest BCUT2D eigenvalue weighted by Crippen LogP contribution is 2.32. The molecule has 0 aromatic heterocycles. The summed E-state index contributed by atoms with van der Waals surface area (Å²) < 4.78 is 32.6. The van der Waals surface area contributed by atoms with E-state index in [9.17, 15) is 13.5 Å². The van der Waals surface area contributed by atoms with E-state index in [1.165, 1.54) is 13.1 Å². The number of halogens is 1. The van der Waals surface area contributed by atoms with Crippen LogP contribution < -0.4 is 4.74 Å². The Hall–Kier alpha value is -0.630. The summed E-state index contributed by atoms with van der Waals surface area (Å²) >= 11 is 3.27. The van der Waals surface area contributed by atoms with Gasteiger partial charge in [0.1, 0.15) is 10.6 Å². The number of ether oxygens (including phenoxy) is 1. The number of likely N-dealkylation sites (N-methyl/N-ethyl adjacent to an activating group) is 1. The van der Waals surface area contributed by atoms with E-state index < -0.39 is 15.6 Å². The number of aliphatic hydroxyl groups excluding tert-OH is 1. The minimum Gasteiger partial charge on any atom is -0.492 e. The number of rotatable bonds is 6. The largest absolute Gasteiger partial charge is 0.492 e. The molecule has 0 aliphatic heterocycles. The third-order valence-corrected chi connectivity index (χ3v) is 5.67. The first-order valence-electron chi connectivity index (χ1n) is 6.19. The predicted molar refractivity (Wildman–Crippen MR) is 81.4 cm³/mol. The van der Waals surface area contributed by atoms with Crippen LogP contribution >= 0.6 is 15.9 Å². The Bertz CT molecular complexity index is 572. The normalized spacial score (nSPS) is 12.8. The summed E-state index contributed by atoms with van der Waals surface area (Å²) in [5, 5.41) is 9.36. The van der Waals surface area contributed by atoms with Crippen molar-refractivity contribution in [3.8, 4) is 5.75 Å². The van der Waals surface area contributed by atoms with Crippen LogP contribution in [0.25, 0.3) is 0 Å². The predicted octanol–water partition coefficient (Wildman–Crippen LogP) is 2.24.